The number of benzene rings is 3. The summed E-state index contributed by atoms with van der Waals surface area (Å²) in [5.41, 5.74) is 4.56. The summed E-state index contributed by atoms with van der Waals surface area (Å²) in [6.07, 6.45) is 2.36. The zero-order chi connectivity index (χ0) is 25.0. The summed E-state index contributed by atoms with van der Waals surface area (Å²) >= 11 is 6.48. The highest BCUT2D eigenvalue weighted by molar-refractivity contribution is 6.32. The molecule has 0 aliphatic heterocycles. The molecule has 3 aromatic rings. The van der Waals surface area contributed by atoms with Crippen LogP contribution in [0, 0.1) is 0 Å². The summed E-state index contributed by atoms with van der Waals surface area (Å²) in [6, 6.07) is 18.2. The van der Waals surface area contributed by atoms with Crippen LogP contribution in [0.5, 0.6) is 23.0 Å². The van der Waals surface area contributed by atoms with Crippen molar-refractivity contribution in [2.45, 2.75) is 26.9 Å². The fraction of sp³-hybridized carbons (Fsp3) is 0.259. The summed E-state index contributed by atoms with van der Waals surface area (Å²) in [6.45, 7) is 5.25. The maximum Gasteiger partial charge on any atom is 0.271 e. The Morgan fingerprint density at radius 1 is 0.971 bits per heavy atom. The molecule has 3 aromatic carbocycles. The molecule has 0 unspecified atom stereocenters. The predicted octanol–water partition coefficient (Wildman–Crippen LogP) is 5.88. The Morgan fingerprint density at radius 3 is 2.49 bits per heavy atom. The van der Waals surface area contributed by atoms with E-state index in [0.717, 1.165) is 12.0 Å². The van der Waals surface area contributed by atoms with E-state index >= 15 is 0 Å². The molecule has 0 bridgehead atoms. The Kier molecular flexibility index (Phi) is 9.80. The molecule has 1 amide bonds. The molecule has 0 saturated heterocycles. The van der Waals surface area contributed by atoms with Crippen LogP contribution in [-0.2, 0) is 6.61 Å². The van der Waals surface area contributed by atoms with Gasteiger partial charge in [-0.3, -0.25) is 4.79 Å². The van der Waals surface area contributed by atoms with Gasteiger partial charge >= 0.3 is 0 Å². The van der Waals surface area contributed by atoms with E-state index in [-0.39, 0.29) is 5.91 Å². The second-order valence-electron chi connectivity index (χ2n) is 7.45. The highest BCUT2D eigenvalue weighted by atomic mass is 35.5. The van der Waals surface area contributed by atoms with E-state index in [1.807, 2.05) is 44.2 Å². The largest absolute Gasteiger partial charge is 0.493 e. The normalized spacial score (nSPS) is 10.7. The number of ether oxygens (including phenoxy) is 4. The van der Waals surface area contributed by atoms with Crippen molar-refractivity contribution >= 4 is 23.7 Å². The zero-order valence-electron chi connectivity index (χ0n) is 20.0. The number of hydrogen-bond acceptors (Lipinski definition) is 6. The number of carbonyl (C=O) groups excluding carboxylic acids is 1. The van der Waals surface area contributed by atoms with Gasteiger partial charge in [0.1, 0.15) is 6.61 Å². The van der Waals surface area contributed by atoms with Gasteiger partial charge in [-0.25, -0.2) is 5.43 Å². The number of hydrogen-bond donors (Lipinski definition) is 1. The summed E-state index contributed by atoms with van der Waals surface area (Å²) in [7, 11) is 1.53. The number of nitrogens with one attached hydrogen (secondary N) is 1. The first-order valence-corrected chi connectivity index (χ1v) is 11.7. The molecule has 1 N–H and O–H groups in total. The van der Waals surface area contributed by atoms with Gasteiger partial charge in [-0.1, -0.05) is 48.9 Å². The smallest absolute Gasteiger partial charge is 0.271 e. The number of rotatable bonds is 12. The van der Waals surface area contributed by atoms with E-state index in [4.69, 9.17) is 30.5 Å². The second-order valence-corrected chi connectivity index (χ2v) is 7.86. The van der Waals surface area contributed by atoms with Crippen molar-refractivity contribution in [3.63, 3.8) is 0 Å². The monoisotopic (exact) mass is 496 g/mol. The zero-order valence-corrected chi connectivity index (χ0v) is 20.8. The first kappa shape index (κ1) is 25.9. The number of amides is 1. The lowest BCUT2D eigenvalue weighted by Crippen LogP contribution is -2.17. The van der Waals surface area contributed by atoms with Crippen molar-refractivity contribution in [2.75, 3.05) is 20.3 Å². The molecule has 0 aliphatic rings. The van der Waals surface area contributed by atoms with Crippen LogP contribution in [0.2, 0.25) is 5.02 Å². The fourth-order valence-corrected chi connectivity index (χ4v) is 3.44. The van der Waals surface area contributed by atoms with Gasteiger partial charge in [-0.15, -0.1) is 0 Å². The van der Waals surface area contributed by atoms with Crippen LogP contribution >= 0.6 is 11.6 Å². The Morgan fingerprint density at radius 2 is 1.77 bits per heavy atom. The van der Waals surface area contributed by atoms with Gasteiger partial charge in [0.15, 0.2) is 23.0 Å². The van der Waals surface area contributed by atoms with E-state index in [1.165, 1.54) is 13.3 Å². The average molecular weight is 497 g/mol. The van der Waals surface area contributed by atoms with Crippen LogP contribution in [-0.4, -0.2) is 32.4 Å². The third kappa shape index (κ3) is 7.39. The molecule has 0 spiro atoms. The summed E-state index contributed by atoms with van der Waals surface area (Å²) in [5, 5.41) is 4.44. The first-order valence-electron chi connectivity index (χ1n) is 11.3. The maximum absolute atomic E-state index is 12.5. The van der Waals surface area contributed by atoms with Crippen molar-refractivity contribution in [1.29, 1.82) is 0 Å². The molecule has 8 heteroatoms. The van der Waals surface area contributed by atoms with E-state index in [2.05, 4.69) is 10.5 Å². The fourth-order valence-electron chi connectivity index (χ4n) is 3.17. The maximum atomic E-state index is 12.5. The Hall–Kier alpha value is -3.71. The van der Waals surface area contributed by atoms with Crippen molar-refractivity contribution < 1.29 is 23.7 Å². The number of halogens is 1. The van der Waals surface area contributed by atoms with Crippen molar-refractivity contribution in [3.8, 4) is 23.0 Å². The lowest BCUT2D eigenvalue weighted by Gasteiger charge is -2.14. The van der Waals surface area contributed by atoms with Crippen LogP contribution in [0.3, 0.4) is 0 Å². The number of hydrazone groups is 1. The Bertz CT molecular complexity index is 1150. The third-order valence-electron chi connectivity index (χ3n) is 4.82. The third-order valence-corrected chi connectivity index (χ3v) is 5.11. The van der Waals surface area contributed by atoms with E-state index < -0.39 is 0 Å². The van der Waals surface area contributed by atoms with Gasteiger partial charge in [0.05, 0.1) is 31.6 Å². The molecule has 7 nitrogen and oxygen atoms in total. The molecular weight excluding hydrogens is 468 g/mol. The molecule has 0 aliphatic carbocycles. The number of methoxy groups -OCH3 is 1. The number of nitrogens with zero attached hydrogens (tertiary/aromatic N) is 1. The van der Waals surface area contributed by atoms with Crippen LogP contribution in [0.1, 0.15) is 41.8 Å². The van der Waals surface area contributed by atoms with Crippen molar-refractivity contribution in [1.82, 2.24) is 5.43 Å². The highest BCUT2D eigenvalue weighted by Gasteiger charge is 2.13. The van der Waals surface area contributed by atoms with Gasteiger partial charge in [-0.05, 0) is 54.8 Å². The SMILES string of the molecule is CCCOc1ccc(C(=O)N/N=C/c2cc(Cl)c(OCc3ccccc3)c(OCC)c2)cc1OC. The van der Waals surface area contributed by atoms with Crippen LogP contribution in [0.4, 0.5) is 0 Å². The summed E-state index contributed by atoms with van der Waals surface area (Å²) in [4.78, 5) is 12.5. The predicted molar refractivity (Wildman–Crippen MR) is 137 cm³/mol. The second kappa shape index (κ2) is 13.2. The molecule has 0 atom stereocenters. The van der Waals surface area contributed by atoms with Gasteiger partial charge in [-0.2, -0.15) is 5.10 Å². The molecular formula is C27H29ClN2O5. The molecule has 3 rings (SSSR count). The van der Waals surface area contributed by atoms with Crippen LogP contribution < -0.4 is 24.4 Å². The Balaban J connectivity index is 1.69. The van der Waals surface area contributed by atoms with E-state index in [0.29, 0.717) is 59.0 Å². The minimum atomic E-state index is -0.388. The molecule has 0 radical (unpaired) electrons. The van der Waals surface area contributed by atoms with Gasteiger partial charge in [0.2, 0.25) is 0 Å². The lowest BCUT2D eigenvalue weighted by atomic mass is 10.2. The van der Waals surface area contributed by atoms with Crippen LogP contribution in [0.15, 0.2) is 65.8 Å². The topological polar surface area (TPSA) is 78.4 Å². The van der Waals surface area contributed by atoms with E-state index in [1.54, 1.807) is 30.3 Å². The first-order chi connectivity index (χ1) is 17.0. The summed E-state index contributed by atoms with van der Waals surface area (Å²) in [5.74, 6) is 1.63. The quantitative estimate of drug-likeness (QED) is 0.250. The molecule has 0 saturated carbocycles. The molecule has 0 aromatic heterocycles. The minimum Gasteiger partial charge on any atom is -0.493 e. The highest BCUT2D eigenvalue weighted by Crippen LogP contribution is 2.37. The summed E-state index contributed by atoms with van der Waals surface area (Å²) < 4.78 is 22.6. The van der Waals surface area contributed by atoms with Crippen molar-refractivity contribution in [2.24, 2.45) is 5.10 Å². The number of carbonyl (C=O) groups is 1. The minimum absolute atomic E-state index is 0.357. The molecule has 0 heterocycles. The van der Waals surface area contributed by atoms with Crippen molar-refractivity contribution in [3.05, 3.63) is 82.4 Å². The van der Waals surface area contributed by atoms with E-state index in [9.17, 15) is 4.79 Å². The molecule has 35 heavy (non-hydrogen) atoms. The van der Waals surface area contributed by atoms with Gasteiger partial charge in [0, 0.05) is 5.56 Å². The molecule has 184 valence electrons. The standard InChI is InChI=1S/C27H29ClN2O5/c1-4-13-34-23-12-11-21(16-24(23)32-3)27(31)30-29-17-20-14-22(28)26(25(15-20)33-5-2)35-18-19-9-7-6-8-10-19/h6-12,14-17H,4-5,13,18H2,1-3H3,(H,30,31)/b29-17+. The van der Waals surface area contributed by atoms with Gasteiger partial charge in [0.25, 0.3) is 5.91 Å². The van der Waals surface area contributed by atoms with Gasteiger partial charge < -0.3 is 18.9 Å². The van der Waals surface area contributed by atoms with Crippen LogP contribution in [0.25, 0.3) is 0 Å². The Labute approximate surface area is 210 Å². The molecule has 0 fully saturated rings. The average Bonchev–Trinajstić information content (AvgIpc) is 2.87. The lowest BCUT2D eigenvalue weighted by molar-refractivity contribution is 0.0954.